The smallest absolute Gasteiger partial charge is 0.334 e. The van der Waals surface area contributed by atoms with Crippen molar-refractivity contribution in [3.05, 3.63) is 61.8 Å². The molecule has 0 aliphatic heterocycles. The highest BCUT2D eigenvalue weighted by Crippen LogP contribution is 2.30. The van der Waals surface area contributed by atoms with Gasteiger partial charge in [-0.15, -0.1) is 0 Å². The molecule has 1 aromatic heterocycles. The van der Waals surface area contributed by atoms with E-state index in [0.717, 1.165) is 34.0 Å². The molecule has 1 amide bonds. The van der Waals surface area contributed by atoms with E-state index in [0.29, 0.717) is 18.4 Å². The van der Waals surface area contributed by atoms with Crippen molar-refractivity contribution in [2.24, 2.45) is 0 Å². The molecule has 1 aliphatic rings. The lowest BCUT2D eigenvalue weighted by Crippen LogP contribution is -2.46. The topological polar surface area (TPSA) is 131 Å². The van der Waals surface area contributed by atoms with Crippen LogP contribution in [0, 0.1) is 0 Å². The number of carboxylic acid groups (broad SMARTS) is 1. The van der Waals surface area contributed by atoms with Crippen molar-refractivity contribution in [2.75, 3.05) is 6.54 Å². The van der Waals surface area contributed by atoms with Gasteiger partial charge in [0, 0.05) is 6.04 Å². The fraction of sp³-hybridized carbons (Fsp3) is 0.500. The molecular weight excluding hydrogens is 426 g/mol. The van der Waals surface area contributed by atoms with E-state index >= 15 is 0 Å². The van der Waals surface area contributed by atoms with Gasteiger partial charge in [0.05, 0.1) is 6.54 Å². The van der Waals surface area contributed by atoms with Gasteiger partial charge in [0.25, 0.3) is 11.5 Å². The van der Waals surface area contributed by atoms with Crippen LogP contribution in [0.4, 0.5) is 0 Å². The minimum absolute atomic E-state index is 0.0585. The lowest BCUT2D eigenvalue weighted by Gasteiger charge is -2.26. The van der Waals surface area contributed by atoms with E-state index in [-0.39, 0.29) is 18.0 Å². The van der Waals surface area contributed by atoms with E-state index in [2.05, 4.69) is 26.1 Å². The molecule has 1 aliphatic carbocycles. The first-order chi connectivity index (χ1) is 15.5. The summed E-state index contributed by atoms with van der Waals surface area (Å²) in [6.45, 7) is 5.45. The summed E-state index contributed by atoms with van der Waals surface area (Å²) in [6.07, 6.45) is 4.02. The minimum atomic E-state index is -1.29. The summed E-state index contributed by atoms with van der Waals surface area (Å²) < 4.78 is 2.07. The first kappa shape index (κ1) is 24.3. The van der Waals surface area contributed by atoms with E-state index in [1.807, 2.05) is 24.3 Å². The number of hydrogen-bond donors (Lipinski definition) is 3. The third kappa shape index (κ3) is 5.35. The number of amides is 1. The zero-order valence-corrected chi connectivity index (χ0v) is 19.3. The maximum atomic E-state index is 13.3. The SMILES string of the molecule is CC(C)(C)c1ccc(Cn2c(=O)c(C(=O)NCC(=O)O)c(O)n(C3CCCCC3)c2=O)cc1. The van der Waals surface area contributed by atoms with E-state index in [9.17, 15) is 24.3 Å². The van der Waals surface area contributed by atoms with Crippen molar-refractivity contribution in [2.45, 2.75) is 70.9 Å². The van der Waals surface area contributed by atoms with Crippen molar-refractivity contribution in [1.82, 2.24) is 14.5 Å². The molecule has 1 fully saturated rings. The molecule has 0 radical (unpaired) electrons. The molecule has 1 aromatic carbocycles. The molecule has 0 saturated heterocycles. The quantitative estimate of drug-likeness (QED) is 0.611. The fourth-order valence-corrected chi connectivity index (χ4v) is 4.20. The van der Waals surface area contributed by atoms with E-state index in [1.165, 1.54) is 0 Å². The third-order valence-corrected chi connectivity index (χ3v) is 6.08. The normalized spacial score (nSPS) is 14.8. The van der Waals surface area contributed by atoms with Crippen molar-refractivity contribution in [3.8, 4) is 5.88 Å². The zero-order valence-electron chi connectivity index (χ0n) is 19.3. The summed E-state index contributed by atoms with van der Waals surface area (Å²) in [4.78, 5) is 50.0. The van der Waals surface area contributed by atoms with E-state index in [1.54, 1.807) is 0 Å². The molecule has 33 heavy (non-hydrogen) atoms. The van der Waals surface area contributed by atoms with Crippen molar-refractivity contribution in [3.63, 3.8) is 0 Å². The number of nitrogens with one attached hydrogen (secondary N) is 1. The first-order valence-electron chi connectivity index (χ1n) is 11.2. The summed E-state index contributed by atoms with van der Waals surface area (Å²) >= 11 is 0. The average molecular weight is 458 g/mol. The number of nitrogens with zero attached hydrogens (tertiary/aromatic N) is 2. The molecule has 0 bridgehead atoms. The van der Waals surface area contributed by atoms with Crippen LogP contribution in [0.5, 0.6) is 5.88 Å². The average Bonchev–Trinajstić information content (AvgIpc) is 2.76. The summed E-state index contributed by atoms with van der Waals surface area (Å²) in [5.74, 6) is -3.02. The van der Waals surface area contributed by atoms with Gasteiger partial charge in [0.15, 0.2) is 5.56 Å². The monoisotopic (exact) mass is 457 g/mol. The lowest BCUT2D eigenvalue weighted by molar-refractivity contribution is -0.135. The largest absolute Gasteiger partial charge is 0.494 e. The maximum Gasteiger partial charge on any atom is 0.334 e. The molecule has 1 saturated carbocycles. The van der Waals surface area contributed by atoms with Crippen LogP contribution in [0.1, 0.15) is 80.4 Å². The first-order valence-corrected chi connectivity index (χ1v) is 11.2. The Balaban J connectivity index is 2.10. The summed E-state index contributed by atoms with van der Waals surface area (Å²) in [5, 5.41) is 21.8. The number of carbonyl (C=O) groups is 2. The molecule has 3 rings (SSSR count). The van der Waals surface area contributed by atoms with Gasteiger partial charge in [0.1, 0.15) is 6.54 Å². The molecule has 3 N–H and O–H groups in total. The highest BCUT2D eigenvalue weighted by molar-refractivity contribution is 5.97. The third-order valence-electron chi connectivity index (χ3n) is 6.08. The summed E-state index contributed by atoms with van der Waals surface area (Å²) in [7, 11) is 0. The van der Waals surface area contributed by atoms with E-state index < -0.39 is 41.1 Å². The Morgan fingerprint density at radius 3 is 2.21 bits per heavy atom. The Hall–Kier alpha value is -3.36. The van der Waals surface area contributed by atoms with Gasteiger partial charge in [-0.05, 0) is 29.4 Å². The Morgan fingerprint density at radius 2 is 1.67 bits per heavy atom. The zero-order chi connectivity index (χ0) is 24.3. The van der Waals surface area contributed by atoms with Gasteiger partial charge in [-0.25, -0.2) is 4.79 Å². The second-order valence-electron chi connectivity index (χ2n) is 9.56. The maximum absolute atomic E-state index is 13.3. The number of aliphatic carboxylic acids is 1. The van der Waals surface area contributed by atoms with Crippen molar-refractivity contribution >= 4 is 11.9 Å². The van der Waals surface area contributed by atoms with Crippen LogP contribution >= 0.6 is 0 Å². The van der Waals surface area contributed by atoms with Crippen LogP contribution < -0.4 is 16.6 Å². The summed E-state index contributed by atoms with van der Waals surface area (Å²) in [6, 6.07) is 7.18. The number of aromatic hydroxyl groups is 1. The second-order valence-corrected chi connectivity index (χ2v) is 9.56. The number of carboxylic acids is 1. The number of carbonyl (C=O) groups excluding carboxylic acids is 1. The van der Waals surface area contributed by atoms with Gasteiger partial charge in [-0.3, -0.25) is 23.5 Å². The number of rotatable bonds is 6. The predicted molar refractivity (Wildman–Crippen MR) is 123 cm³/mol. The fourth-order valence-electron chi connectivity index (χ4n) is 4.20. The van der Waals surface area contributed by atoms with Gasteiger partial charge in [0.2, 0.25) is 5.88 Å². The van der Waals surface area contributed by atoms with Crippen molar-refractivity contribution in [1.29, 1.82) is 0 Å². The van der Waals surface area contributed by atoms with Crippen LogP contribution in [-0.4, -0.2) is 37.8 Å². The predicted octanol–water partition coefficient (Wildman–Crippen LogP) is 2.38. The van der Waals surface area contributed by atoms with Crippen LogP contribution in [0.2, 0.25) is 0 Å². The van der Waals surface area contributed by atoms with Gasteiger partial charge in [-0.2, -0.15) is 0 Å². The molecule has 9 nitrogen and oxygen atoms in total. The van der Waals surface area contributed by atoms with Crippen LogP contribution in [0.3, 0.4) is 0 Å². The highest BCUT2D eigenvalue weighted by Gasteiger charge is 2.29. The molecule has 0 atom stereocenters. The van der Waals surface area contributed by atoms with Crippen LogP contribution in [-0.2, 0) is 16.8 Å². The molecule has 1 heterocycles. The standard InChI is InChI=1S/C24H31N3O6/c1-24(2,3)16-11-9-15(10-12-16)14-26-21(31)19(20(30)25-13-18(28)29)22(32)27(23(26)33)17-7-5-4-6-8-17/h9-12,17,32H,4-8,13-14H2,1-3H3,(H,25,30)(H,28,29). The molecule has 2 aromatic rings. The number of benzene rings is 1. The second kappa shape index (κ2) is 9.64. The van der Waals surface area contributed by atoms with Gasteiger partial charge in [-0.1, -0.05) is 64.3 Å². The van der Waals surface area contributed by atoms with E-state index in [4.69, 9.17) is 5.11 Å². The molecular formula is C24H31N3O6. The molecule has 0 spiro atoms. The van der Waals surface area contributed by atoms with Gasteiger partial charge >= 0.3 is 11.7 Å². The number of hydrogen-bond acceptors (Lipinski definition) is 5. The van der Waals surface area contributed by atoms with Gasteiger partial charge < -0.3 is 15.5 Å². The lowest BCUT2D eigenvalue weighted by atomic mass is 9.87. The molecule has 0 unspecified atom stereocenters. The minimum Gasteiger partial charge on any atom is -0.494 e. The van der Waals surface area contributed by atoms with Crippen LogP contribution in [0.15, 0.2) is 33.9 Å². The summed E-state index contributed by atoms with van der Waals surface area (Å²) in [5.41, 5.74) is -0.520. The Bertz CT molecular complexity index is 1150. The Morgan fingerprint density at radius 1 is 1.06 bits per heavy atom. The van der Waals surface area contributed by atoms with Crippen molar-refractivity contribution < 1.29 is 19.8 Å². The molecule has 9 heteroatoms. The Kier molecular flexibility index (Phi) is 7.09. The molecule has 178 valence electrons. The highest BCUT2D eigenvalue weighted by atomic mass is 16.4. The Labute approximate surface area is 191 Å². The number of aromatic nitrogens is 2. The van der Waals surface area contributed by atoms with Crippen LogP contribution in [0.25, 0.3) is 0 Å².